The van der Waals surface area contributed by atoms with Crippen molar-refractivity contribution >= 4 is 11.8 Å². The van der Waals surface area contributed by atoms with Crippen molar-refractivity contribution in [3.8, 4) is 0 Å². The highest BCUT2D eigenvalue weighted by Gasteiger charge is 2.10. The minimum absolute atomic E-state index is 0.0188. The lowest BCUT2D eigenvalue weighted by Gasteiger charge is -2.12. The first-order valence-electron chi connectivity index (χ1n) is 5.69. The molecular formula is C11H23N3O2. The smallest absolute Gasteiger partial charge is 0.236 e. The lowest BCUT2D eigenvalue weighted by atomic mass is 10.2. The summed E-state index contributed by atoms with van der Waals surface area (Å²) in [6, 6.07) is -0.261. The molecule has 0 heterocycles. The number of hydrogen-bond donors (Lipinski definition) is 3. The van der Waals surface area contributed by atoms with Gasteiger partial charge in [0.05, 0.1) is 6.04 Å². The molecule has 1 unspecified atom stereocenters. The molecule has 0 rings (SSSR count). The minimum Gasteiger partial charge on any atom is -0.358 e. The zero-order valence-corrected chi connectivity index (χ0v) is 10.6. The summed E-state index contributed by atoms with van der Waals surface area (Å²) in [6.07, 6.45) is 0.397. The first-order valence-corrected chi connectivity index (χ1v) is 5.69. The van der Waals surface area contributed by atoms with Crippen molar-refractivity contribution < 1.29 is 9.59 Å². The lowest BCUT2D eigenvalue weighted by molar-refractivity contribution is -0.123. The number of carbonyl (C=O) groups excluding carboxylic acids is 2. The van der Waals surface area contributed by atoms with Crippen LogP contribution in [0.15, 0.2) is 0 Å². The SMILES string of the molecule is CNC(=O)C(C)NCCC(=O)NCC(C)C. The molecule has 5 heteroatoms. The van der Waals surface area contributed by atoms with Gasteiger partial charge in [0.1, 0.15) is 0 Å². The predicted octanol–water partition coefficient (Wildman–Crippen LogP) is -0.127. The summed E-state index contributed by atoms with van der Waals surface area (Å²) in [4.78, 5) is 22.4. The first-order chi connectivity index (χ1) is 7.47. The molecule has 0 aliphatic heterocycles. The van der Waals surface area contributed by atoms with Crippen LogP contribution in [0.1, 0.15) is 27.2 Å². The molecule has 0 saturated carbocycles. The zero-order chi connectivity index (χ0) is 12.6. The third kappa shape index (κ3) is 7.23. The molecule has 0 aliphatic rings. The highest BCUT2D eigenvalue weighted by Crippen LogP contribution is 1.88. The average Bonchev–Trinajstić information content (AvgIpc) is 2.24. The summed E-state index contributed by atoms with van der Waals surface area (Å²) in [5, 5.41) is 8.34. The lowest BCUT2D eigenvalue weighted by Crippen LogP contribution is -2.42. The fraction of sp³-hybridized carbons (Fsp3) is 0.818. The fourth-order valence-corrected chi connectivity index (χ4v) is 1.12. The molecule has 16 heavy (non-hydrogen) atoms. The van der Waals surface area contributed by atoms with E-state index in [0.717, 1.165) is 0 Å². The van der Waals surface area contributed by atoms with Gasteiger partial charge in [-0.25, -0.2) is 0 Å². The summed E-state index contributed by atoms with van der Waals surface area (Å²) in [6.45, 7) is 7.07. The molecule has 0 aliphatic carbocycles. The van der Waals surface area contributed by atoms with Crippen molar-refractivity contribution in [2.24, 2.45) is 5.92 Å². The van der Waals surface area contributed by atoms with Gasteiger partial charge in [-0.15, -0.1) is 0 Å². The second-order valence-corrected chi connectivity index (χ2v) is 4.24. The molecule has 0 radical (unpaired) electrons. The van der Waals surface area contributed by atoms with Crippen molar-refractivity contribution in [1.29, 1.82) is 0 Å². The van der Waals surface area contributed by atoms with E-state index in [9.17, 15) is 9.59 Å². The van der Waals surface area contributed by atoms with Gasteiger partial charge >= 0.3 is 0 Å². The van der Waals surface area contributed by atoms with Crippen LogP contribution >= 0.6 is 0 Å². The van der Waals surface area contributed by atoms with Crippen LogP contribution in [0, 0.1) is 5.92 Å². The van der Waals surface area contributed by atoms with Crippen LogP contribution in [-0.2, 0) is 9.59 Å². The maximum atomic E-state index is 11.3. The van der Waals surface area contributed by atoms with Gasteiger partial charge in [-0.3, -0.25) is 9.59 Å². The standard InChI is InChI=1S/C11H23N3O2/c1-8(2)7-14-10(15)5-6-13-9(3)11(16)12-4/h8-9,13H,5-7H2,1-4H3,(H,12,16)(H,14,15). The highest BCUT2D eigenvalue weighted by atomic mass is 16.2. The Labute approximate surface area is 97.4 Å². The number of nitrogens with one attached hydrogen (secondary N) is 3. The second-order valence-electron chi connectivity index (χ2n) is 4.24. The van der Waals surface area contributed by atoms with Gasteiger partial charge in [-0.1, -0.05) is 13.8 Å². The minimum atomic E-state index is -0.261. The van der Waals surface area contributed by atoms with Crippen molar-refractivity contribution in [1.82, 2.24) is 16.0 Å². The quantitative estimate of drug-likeness (QED) is 0.569. The highest BCUT2D eigenvalue weighted by molar-refractivity contribution is 5.81. The molecule has 0 aromatic carbocycles. The largest absolute Gasteiger partial charge is 0.358 e. The first kappa shape index (κ1) is 14.9. The van der Waals surface area contributed by atoms with Gasteiger partial charge in [0, 0.05) is 26.6 Å². The molecule has 0 aromatic heterocycles. The Morgan fingerprint density at radius 2 is 1.81 bits per heavy atom. The molecular weight excluding hydrogens is 206 g/mol. The van der Waals surface area contributed by atoms with E-state index >= 15 is 0 Å². The third-order valence-electron chi connectivity index (χ3n) is 2.15. The third-order valence-corrected chi connectivity index (χ3v) is 2.15. The summed E-state index contributed by atoms with van der Waals surface area (Å²) < 4.78 is 0. The van der Waals surface area contributed by atoms with E-state index in [1.165, 1.54) is 0 Å². The van der Waals surface area contributed by atoms with Crippen LogP contribution < -0.4 is 16.0 Å². The normalized spacial score (nSPS) is 12.3. The van der Waals surface area contributed by atoms with Crippen LogP contribution in [0.25, 0.3) is 0 Å². The van der Waals surface area contributed by atoms with Crippen molar-refractivity contribution in [2.45, 2.75) is 33.2 Å². The van der Waals surface area contributed by atoms with Crippen LogP contribution in [0.4, 0.5) is 0 Å². The fourth-order valence-electron chi connectivity index (χ4n) is 1.12. The Balaban J connectivity index is 3.58. The van der Waals surface area contributed by atoms with Crippen LogP contribution in [0.5, 0.6) is 0 Å². The van der Waals surface area contributed by atoms with E-state index in [1.54, 1.807) is 14.0 Å². The molecule has 5 nitrogen and oxygen atoms in total. The van der Waals surface area contributed by atoms with Gasteiger partial charge in [-0.2, -0.15) is 0 Å². The zero-order valence-electron chi connectivity index (χ0n) is 10.6. The summed E-state index contributed by atoms with van der Waals surface area (Å²) in [5.74, 6) is 0.412. The number of rotatable bonds is 7. The van der Waals surface area contributed by atoms with Gasteiger partial charge in [-0.05, 0) is 12.8 Å². The Hall–Kier alpha value is -1.10. The summed E-state index contributed by atoms with van der Waals surface area (Å²) >= 11 is 0. The molecule has 0 saturated heterocycles. The van der Waals surface area contributed by atoms with E-state index in [0.29, 0.717) is 25.4 Å². The van der Waals surface area contributed by atoms with Crippen molar-refractivity contribution in [2.75, 3.05) is 20.1 Å². The monoisotopic (exact) mass is 229 g/mol. The number of carbonyl (C=O) groups is 2. The van der Waals surface area contributed by atoms with Crippen molar-refractivity contribution in [3.05, 3.63) is 0 Å². The molecule has 0 spiro atoms. The van der Waals surface area contributed by atoms with E-state index in [4.69, 9.17) is 0 Å². The van der Waals surface area contributed by atoms with E-state index < -0.39 is 0 Å². The van der Waals surface area contributed by atoms with Gasteiger partial charge in [0.2, 0.25) is 11.8 Å². The Bertz CT molecular complexity index is 229. The predicted molar refractivity (Wildman–Crippen MR) is 64.0 cm³/mol. The molecule has 94 valence electrons. The number of likely N-dealkylation sites (N-methyl/N-ethyl adjacent to an activating group) is 1. The van der Waals surface area contributed by atoms with Gasteiger partial charge in [0.15, 0.2) is 0 Å². The number of hydrogen-bond acceptors (Lipinski definition) is 3. The molecule has 0 bridgehead atoms. The van der Waals surface area contributed by atoms with E-state index in [2.05, 4.69) is 16.0 Å². The van der Waals surface area contributed by atoms with Gasteiger partial charge < -0.3 is 16.0 Å². The maximum Gasteiger partial charge on any atom is 0.236 e. The van der Waals surface area contributed by atoms with E-state index in [1.807, 2.05) is 13.8 Å². The summed E-state index contributed by atoms with van der Waals surface area (Å²) in [5.41, 5.74) is 0. The molecule has 1 atom stereocenters. The summed E-state index contributed by atoms with van der Waals surface area (Å²) in [7, 11) is 1.59. The van der Waals surface area contributed by atoms with Crippen LogP contribution in [0.3, 0.4) is 0 Å². The van der Waals surface area contributed by atoms with Crippen molar-refractivity contribution in [3.63, 3.8) is 0 Å². The van der Waals surface area contributed by atoms with E-state index in [-0.39, 0.29) is 17.9 Å². The Morgan fingerprint density at radius 1 is 1.19 bits per heavy atom. The Morgan fingerprint density at radius 3 is 2.31 bits per heavy atom. The molecule has 2 amide bonds. The van der Waals surface area contributed by atoms with Crippen LogP contribution in [-0.4, -0.2) is 38.0 Å². The second kappa shape index (κ2) is 8.10. The molecule has 0 aromatic rings. The average molecular weight is 229 g/mol. The van der Waals surface area contributed by atoms with Gasteiger partial charge in [0.25, 0.3) is 0 Å². The molecule has 3 N–H and O–H groups in total. The maximum absolute atomic E-state index is 11.3. The number of amides is 2. The Kier molecular flexibility index (Phi) is 7.54. The molecule has 0 fully saturated rings. The van der Waals surface area contributed by atoms with Crippen LogP contribution in [0.2, 0.25) is 0 Å². The topological polar surface area (TPSA) is 70.2 Å².